The summed E-state index contributed by atoms with van der Waals surface area (Å²) in [6.45, 7) is 2.15. The summed E-state index contributed by atoms with van der Waals surface area (Å²) in [6.07, 6.45) is 2.19. The Balaban J connectivity index is 1.85. The van der Waals surface area contributed by atoms with Crippen LogP contribution in [0.1, 0.15) is 23.7 Å². The second-order valence-corrected chi connectivity index (χ2v) is 6.30. The third kappa shape index (κ3) is 4.03. The summed E-state index contributed by atoms with van der Waals surface area (Å²) < 4.78 is 22.5. The molecule has 2 heterocycles. The topological polar surface area (TPSA) is 105 Å². The van der Waals surface area contributed by atoms with Crippen LogP contribution in [-0.4, -0.2) is 42.8 Å². The van der Waals surface area contributed by atoms with E-state index in [2.05, 4.69) is 10.3 Å². The van der Waals surface area contributed by atoms with Crippen molar-refractivity contribution in [2.75, 3.05) is 21.3 Å². The molecule has 0 bridgehead atoms. The molecule has 0 aliphatic carbocycles. The summed E-state index contributed by atoms with van der Waals surface area (Å²) in [5.74, 6) is 0.322. The van der Waals surface area contributed by atoms with Gasteiger partial charge in [0, 0.05) is 17.8 Å². The van der Waals surface area contributed by atoms with Crippen molar-refractivity contribution in [3.63, 3.8) is 0 Å². The van der Waals surface area contributed by atoms with Crippen LogP contribution in [0.3, 0.4) is 0 Å². The van der Waals surface area contributed by atoms with Gasteiger partial charge in [-0.25, -0.2) is 9.78 Å². The Hall–Kier alpha value is -3.49. The molecule has 0 saturated heterocycles. The Morgan fingerprint density at radius 1 is 1.21 bits per heavy atom. The zero-order chi connectivity index (χ0) is 21.0. The molecular weight excluding hydrogens is 378 g/mol. The Morgan fingerprint density at radius 3 is 2.48 bits per heavy atom. The highest BCUT2D eigenvalue weighted by molar-refractivity contribution is 5.95. The molecule has 0 saturated carbocycles. The SMILES string of the molecule is CC[C@H](Cn1c(=O)oc2cccnc21)NC(=O)c1cc(OC)c(OC)c(OC)c1. The van der Waals surface area contributed by atoms with Crippen molar-refractivity contribution in [1.82, 2.24) is 14.9 Å². The molecule has 1 amide bonds. The van der Waals surface area contributed by atoms with Gasteiger partial charge >= 0.3 is 5.76 Å². The monoisotopic (exact) mass is 401 g/mol. The van der Waals surface area contributed by atoms with Crippen molar-refractivity contribution in [2.45, 2.75) is 25.9 Å². The summed E-state index contributed by atoms with van der Waals surface area (Å²) >= 11 is 0. The molecule has 3 aromatic rings. The number of oxazole rings is 1. The number of benzene rings is 1. The molecule has 1 N–H and O–H groups in total. The van der Waals surface area contributed by atoms with Crippen LogP contribution in [0.25, 0.3) is 11.2 Å². The lowest BCUT2D eigenvalue weighted by atomic mass is 10.1. The average Bonchev–Trinajstić information content (AvgIpc) is 3.06. The largest absolute Gasteiger partial charge is 0.493 e. The highest BCUT2D eigenvalue weighted by Gasteiger charge is 2.20. The normalized spacial score (nSPS) is 11.9. The van der Waals surface area contributed by atoms with Gasteiger partial charge in [0.1, 0.15) is 0 Å². The molecule has 0 aliphatic heterocycles. The molecule has 0 aliphatic rings. The third-order valence-corrected chi connectivity index (χ3v) is 4.58. The van der Waals surface area contributed by atoms with Crippen LogP contribution in [0.5, 0.6) is 17.2 Å². The van der Waals surface area contributed by atoms with Crippen molar-refractivity contribution in [3.8, 4) is 17.2 Å². The summed E-state index contributed by atoms with van der Waals surface area (Å²) in [4.78, 5) is 29.2. The minimum absolute atomic E-state index is 0.232. The number of hydrogen-bond acceptors (Lipinski definition) is 7. The molecule has 9 nitrogen and oxygen atoms in total. The van der Waals surface area contributed by atoms with Gasteiger partial charge in [0.2, 0.25) is 5.75 Å². The van der Waals surface area contributed by atoms with E-state index in [1.165, 1.54) is 25.9 Å². The molecule has 29 heavy (non-hydrogen) atoms. The zero-order valence-electron chi connectivity index (χ0n) is 16.7. The summed E-state index contributed by atoms with van der Waals surface area (Å²) in [5.41, 5.74) is 1.20. The van der Waals surface area contributed by atoms with Gasteiger partial charge in [0.25, 0.3) is 5.91 Å². The lowest BCUT2D eigenvalue weighted by Gasteiger charge is -2.18. The van der Waals surface area contributed by atoms with Gasteiger partial charge in [-0.3, -0.25) is 9.36 Å². The average molecular weight is 401 g/mol. The van der Waals surface area contributed by atoms with Crippen molar-refractivity contribution in [2.24, 2.45) is 0 Å². The fourth-order valence-corrected chi connectivity index (χ4v) is 3.04. The molecule has 9 heteroatoms. The van der Waals surface area contributed by atoms with E-state index in [1.54, 1.807) is 30.5 Å². The quantitative estimate of drug-likeness (QED) is 0.617. The number of ether oxygens (including phenoxy) is 3. The van der Waals surface area contributed by atoms with Gasteiger partial charge in [-0.2, -0.15) is 0 Å². The smallest absolute Gasteiger partial charge is 0.421 e. The number of carbonyl (C=O) groups excluding carboxylic acids is 1. The van der Waals surface area contributed by atoms with E-state index in [-0.39, 0.29) is 18.5 Å². The Morgan fingerprint density at radius 2 is 1.90 bits per heavy atom. The zero-order valence-corrected chi connectivity index (χ0v) is 16.7. The highest BCUT2D eigenvalue weighted by atomic mass is 16.5. The highest BCUT2D eigenvalue weighted by Crippen LogP contribution is 2.38. The Labute approximate surface area is 167 Å². The number of pyridine rings is 1. The maximum absolute atomic E-state index is 12.8. The van der Waals surface area contributed by atoms with Gasteiger partial charge in [-0.05, 0) is 30.7 Å². The fourth-order valence-electron chi connectivity index (χ4n) is 3.04. The first-order chi connectivity index (χ1) is 14.0. The number of rotatable bonds is 8. The molecular formula is C20H23N3O6. The van der Waals surface area contributed by atoms with E-state index in [1.807, 2.05) is 6.92 Å². The van der Waals surface area contributed by atoms with E-state index in [9.17, 15) is 9.59 Å². The first kappa shape index (κ1) is 20.2. The second-order valence-electron chi connectivity index (χ2n) is 6.30. The molecule has 2 aromatic heterocycles. The fraction of sp³-hybridized carbons (Fsp3) is 0.350. The number of carbonyl (C=O) groups is 1. The molecule has 0 radical (unpaired) electrons. The number of hydrogen-bond donors (Lipinski definition) is 1. The van der Waals surface area contributed by atoms with Crippen LogP contribution in [0.15, 0.2) is 39.7 Å². The number of fused-ring (bicyclic) bond motifs is 1. The van der Waals surface area contributed by atoms with Gasteiger partial charge in [0.05, 0.1) is 27.9 Å². The first-order valence-corrected chi connectivity index (χ1v) is 9.07. The van der Waals surface area contributed by atoms with Gasteiger partial charge in [0.15, 0.2) is 22.7 Å². The lowest BCUT2D eigenvalue weighted by molar-refractivity contribution is 0.0930. The van der Waals surface area contributed by atoms with Crippen LogP contribution >= 0.6 is 0 Å². The van der Waals surface area contributed by atoms with Crippen molar-refractivity contribution >= 4 is 17.1 Å². The van der Waals surface area contributed by atoms with Crippen LogP contribution in [0.2, 0.25) is 0 Å². The van der Waals surface area contributed by atoms with E-state index in [0.717, 1.165) is 0 Å². The number of methoxy groups -OCH3 is 3. The third-order valence-electron chi connectivity index (χ3n) is 4.58. The summed E-state index contributed by atoms with van der Waals surface area (Å²) in [6, 6.07) is 6.20. The van der Waals surface area contributed by atoms with Gasteiger partial charge in [-0.15, -0.1) is 0 Å². The molecule has 0 spiro atoms. The predicted molar refractivity (Wildman–Crippen MR) is 106 cm³/mol. The number of amides is 1. The molecule has 1 atom stereocenters. The number of nitrogens with zero attached hydrogens (tertiary/aromatic N) is 2. The van der Waals surface area contributed by atoms with Crippen molar-refractivity contribution in [1.29, 1.82) is 0 Å². The predicted octanol–water partition coefficient (Wildman–Crippen LogP) is 2.22. The standard InChI is InChI=1S/C20H23N3O6/c1-5-13(11-23-18-14(29-20(23)25)7-6-8-21-18)22-19(24)12-9-15(26-2)17(28-4)16(10-12)27-3/h6-10,13H,5,11H2,1-4H3,(H,22,24)/t13-/m1/s1. The maximum atomic E-state index is 12.8. The molecule has 0 unspecified atom stereocenters. The van der Waals surface area contributed by atoms with Gasteiger partial charge in [-0.1, -0.05) is 6.92 Å². The first-order valence-electron chi connectivity index (χ1n) is 9.07. The van der Waals surface area contributed by atoms with Crippen LogP contribution in [0.4, 0.5) is 0 Å². The Bertz CT molecular complexity index is 1050. The molecule has 3 rings (SSSR count). The molecule has 0 fully saturated rings. The summed E-state index contributed by atoms with van der Waals surface area (Å²) in [7, 11) is 4.46. The number of aromatic nitrogens is 2. The van der Waals surface area contributed by atoms with E-state index >= 15 is 0 Å². The van der Waals surface area contributed by atoms with Gasteiger partial charge < -0.3 is 23.9 Å². The van der Waals surface area contributed by atoms with Crippen LogP contribution < -0.4 is 25.3 Å². The number of nitrogens with one attached hydrogen (secondary N) is 1. The molecule has 154 valence electrons. The minimum atomic E-state index is -0.515. The van der Waals surface area contributed by atoms with Crippen molar-refractivity contribution in [3.05, 3.63) is 46.6 Å². The van der Waals surface area contributed by atoms with E-state index < -0.39 is 5.76 Å². The summed E-state index contributed by atoms with van der Waals surface area (Å²) in [5, 5.41) is 2.93. The molecule has 1 aromatic carbocycles. The lowest BCUT2D eigenvalue weighted by Crippen LogP contribution is -2.39. The Kier molecular flexibility index (Phi) is 6.06. The van der Waals surface area contributed by atoms with E-state index in [0.29, 0.717) is 40.5 Å². The second kappa shape index (κ2) is 8.68. The van der Waals surface area contributed by atoms with Crippen molar-refractivity contribution < 1.29 is 23.4 Å². The van der Waals surface area contributed by atoms with E-state index in [4.69, 9.17) is 18.6 Å². The maximum Gasteiger partial charge on any atom is 0.421 e. The van der Waals surface area contributed by atoms with Crippen LogP contribution in [0, 0.1) is 0 Å². The van der Waals surface area contributed by atoms with Crippen LogP contribution in [-0.2, 0) is 6.54 Å². The minimum Gasteiger partial charge on any atom is -0.493 e.